The number of aromatic hydroxyl groups is 4. The third-order valence-corrected chi connectivity index (χ3v) is 27.1. The molecule has 37 atom stereocenters. The number of ether oxygens (including phenoxy) is 16. The number of carbonyl (C=O) groups is 7. The Morgan fingerprint density at radius 3 is 1.59 bits per heavy atom. The van der Waals surface area contributed by atoms with E-state index in [1.165, 1.54) is 51.1 Å². The Morgan fingerprint density at radius 2 is 0.946 bits per heavy atom. The molecule has 0 aliphatic carbocycles. The van der Waals surface area contributed by atoms with E-state index in [9.17, 15) is 117 Å². The van der Waals surface area contributed by atoms with Crippen molar-refractivity contribution in [2.75, 3.05) is 33.5 Å². The van der Waals surface area contributed by atoms with Crippen molar-refractivity contribution < 1.29 is 217 Å². The van der Waals surface area contributed by atoms with Crippen molar-refractivity contribution in [3.05, 3.63) is 166 Å². The second-order valence-electron chi connectivity index (χ2n) is 36.9. The third kappa shape index (κ3) is 21.4. The Hall–Kier alpha value is -12.1. The lowest BCUT2D eigenvalue weighted by atomic mass is 9.89. The molecule has 52 heteroatoms. The van der Waals surface area contributed by atoms with E-state index >= 15 is 24.0 Å². The molecule has 0 spiro atoms. The second kappa shape index (κ2) is 43.6. The van der Waals surface area contributed by atoms with Crippen molar-refractivity contribution in [3.8, 4) is 80.1 Å². The van der Waals surface area contributed by atoms with Crippen LogP contribution >= 0.6 is 0 Å². The van der Waals surface area contributed by atoms with Gasteiger partial charge in [-0.05, 0) is 133 Å². The highest BCUT2D eigenvalue weighted by Gasteiger charge is 2.57. The van der Waals surface area contributed by atoms with Gasteiger partial charge in [0.05, 0.1) is 51.8 Å². The van der Waals surface area contributed by atoms with Crippen LogP contribution in [0.5, 0.6) is 69.0 Å². The fourth-order valence-corrected chi connectivity index (χ4v) is 18.6. The summed E-state index contributed by atoms with van der Waals surface area (Å²) in [6.07, 6.45) is -58.6. The lowest BCUT2D eigenvalue weighted by Crippen LogP contribution is -2.67. The summed E-state index contributed by atoms with van der Waals surface area (Å²) in [5, 5.41) is 257. The number of amides is 6. The molecule has 147 heavy (non-hydrogen) atoms. The van der Waals surface area contributed by atoms with Crippen LogP contribution < -0.4 is 67.1 Å². The highest BCUT2D eigenvalue weighted by atomic mass is 16.8. The van der Waals surface area contributed by atoms with Crippen LogP contribution in [0.3, 0.4) is 0 Å². The number of nitrogens with two attached hydrogens (primary N) is 2. The van der Waals surface area contributed by atoms with Crippen LogP contribution in [0.1, 0.15) is 107 Å². The first-order valence-electron chi connectivity index (χ1n) is 46.4. The predicted octanol–water partition coefficient (Wildman–Crippen LogP) is -6.50. The van der Waals surface area contributed by atoms with Crippen LogP contribution in [0.15, 0.2) is 121 Å². The molecule has 794 valence electrons. The SMILES string of the molecule is COC(=O)[C@@H]1NC(=O)[C@H]2NC(=O)C(NC(=O)[C@@H]3NC(=O)[C@H]4NC(=O)[C@H](NC(=O)[C@H](N)c5ccc(O)c(c5)Oc5cc4cc(O)c5C)[C@H](O)c4ccc(cc4)Oc4cc3cc(c4O[C@@H]3O[C@H](CO[C@@H]4O[C@@H](C)[C@H](O)[C@@H](O)[C@H]4O)[C@@H](O)[C@H](O)[C@H]3O[C@H]3O[C@H](CO)[C@@H](O)[C@H](O)[C@@H]3O[C@@H]3OC[C@@H](O)[C@@H](O)[C@@H]3O)Oc3ccc(cc3)[C@H]2O[C@H]2C[C@@H](N)[C@@H](O)[C@H](C)O2)c2ccc(O)c(c2)-c2c(O[C@@H]3O[C@H](CO)[C@@H](O)[C@H](O)[C@@H]3O)cc(O)cc21. The minimum atomic E-state index is -2.60. The van der Waals surface area contributed by atoms with Crippen molar-refractivity contribution in [1.29, 1.82) is 0 Å². The molecule has 6 saturated heterocycles. The molecule has 17 bridgehead atoms. The smallest absolute Gasteiger partial charge is 0.333 e. The molecule has 7 aromatic carbocycles. The quantitative estimate of drug-likeness (QED) is 0.0400. The van der Waals surface area contributed by atoms with Crippen molar-refractivity contribution in [2.24, 2.45) is 11.5 Å². The Kier molecular flexibility index (Phi) is 31.5. The van der Waals surface area contributed by atoms with Gasteiger partial charge < -0.3 is 226 Å². The molecule has 12 heterocycles. The molecule has 0 radical (unpaired) electrons. The zero-order valence-corrected chi connectivity index (χ0v) is 77.9. The first kappa shape index (κ1) is 106. The van der Waals surface area contributed by atoms with Crippen LogP contribution in [-0.2, 0) is 85.7 Å². The van der Waals surface area contributed by atoms with Gasteiger partial charge in [-0.1, -0.05) is 36.4 Å². The maximum Gasteiger partial charge on any atom is 0.333 e. The summed E-state index contributed by atoms with van der Waals surface area (Å²) in [6.45, 7) is 0.141. The van der Waals surface area contributed by atoms with Gasteiger partial charge in [-0.15, -0.1) is 0 Å². The van der Waals surface area contributed by atoms with Gasteiger partial charge in [-0.3, -0.25) is 28.8 Å². The van der Waals surface area contributed by atoms with Crippen molar-refractivity contribution in [2.45, 2.75) is 254 Å². The molecule has 12 aliphatic heterocycles. The standard InChI is InChI=1S/C95H110N8O44/c1-30-47(109)18-37-20-49(30)139-50-19-35(9-16-46(50)108)59(97)84(125)102-64-68(113)33-5-11-40(12-6-33)137-52-21-38-22-53(81(52)145-95-83(76(121)72(117)56(143-95)29-134-91-78(123)73(118)67(112)32(3)136-91)147-94-82(75(120)71(116)55(27-105)142-94)146-92-77(122)69(114)48(110)28-133-92)138-41-13-7-34(8-14-41)80(144-57-25-44(96)66(111)31(2)135-57)65-89(130)101-63(90(131)132-4)43-23-39(106)24-51(140-93-79(124)74(119)70(115)54(26-104)141-93)58(43)42-17-36(10-15-45(42)107)60(85(126)103-65)98-87(128)62(38)99-86(127)61(37)100-88(64)129/h5-24,31-32,44,48,54-57,59-80,82-83,91-95,104-124H,25-29,96-97H2,1-4H3,(H,98,128)(H,99,127)(H,100,129)(H,101,130)(H,102,125)(H,103,126)/t31-,32-,44+,48+,54+,55+,56+,57-,59+,60?,61-,62+,63+,64+,65-,66-,67-,68+,69+,70+,71+,72+,73+,74-,75-,76-,77-,78+,79-,80+,82-,83+,91+,92-,93+,94+,95-/m0/s1. The fourth-order valence-electron chi connectivity index (χ4n) is 18.6. The van der Waals surface area contributed by atoms with Crippen LogP contribution in [0.2, 0.25) is 0 Å². The summed E-state index contributed by atoms with van der Waals surface area (Å²) in [7, 11) is 0.873. The van der Waals surface area contributed by atoms with E-state index in [1.54, 1.807) is 0 Å². The first-order valence-corrected chi connectivity index (χ1v) is 46.4. The zero-order valence-electron chi connectivity index (χ0n) is 77.9. The number of fused-ring (bicyclic) bond motifs is 14. The highest BCUT2D eigenvalue weighted by molar-refractivity contribution is 6.00. The predicted molar refractivity (Wildman–Crippen MR) is 483 cm³/mol. The van der Waals surface area contributed by atoms with Gasteiger partial charge in [0.1, 0.15) is 192 Å². The number of phenols is 4. The molecule has 0 aromatic heterocycles. The molecule has 0 saturated carbocycles. The molecule has 7 aromatic rings. The number of phenolic OH excluding ortho intramolecular Hbond substituents is 4. The third-order valence-electron chi connectivity index (χ3n) is 27.1. The van der Waals surface area contributed by atoms with E-state index in [4.69, 9.17) is 87.3 Å². The van der Waals surface area contributed by atoms with Crippen LogP contribution in [0, 0.1) is 6.92 Å². The molecule has 1 unspecified atom stereocenters. The summed E-state index contributed by atoms with van der Waals surface area (Å²) >= 11 is 0. The van der Waals surface area contributed by atoms with Crippen molar-refractivity contribution in [1.82, 2.24) is 31.9 Å². The van der Waals surface area contributed by atoms with Gasteiger partial charge in [-0.2, -0.15) is 0 Å². The van der Waals surface area contributed by atoms with Crippen molar-refractivity contribution >= 4 is 41.4 Å². The summed E-state index contributed by atoms with van der Waals surface area (Å²) < 4.78 is 99.8. The summed E-state index contributed by atoms with van der Waals surface area (Å²) in [6, 6.07) is 4.22. The number of hydrogen-bond acceptors (Lipinski definition) is 46. The molecule has 12 aliphatic rings. The lowest BCUT2D eigenvalue weighted by Gasteiger charge is -2.48. The van der Waals surface area contributed by atoms with Gasteiger partial charge in [0.25, 0.3) is 0 Å². The number of aliphatic hydroxyl groups excluding tert-OH is 17. The van der Waals surface area contributed by atoms with Crippen LogP contribution in [-0.4, -0.2) is 366 Å². The van der Waals surface area contributed by atoms with E-state index in [0.717, 1.165) is 98.1 Å². The molecular formula is C95H110N8O44. The van der Waals surface area contributed by atoms with Gasteiger partial charge in [0.15, 0.2) is 60.3 Å². The van der Waals surface area contributed by atoms with Gasteiger partial charge >= 0.3 is 5.97 Å². The van der Waals surface area contributed by atoms with E-state index < -0.39 is 386 Å². The number of hydrogen-bond donors (Lipinski definition) is 29. The number of benzene rings is 7. The highest BCUT2D eigenvalue weighted by Crippen LogP contribution is 2.51. The minimum absolute atomic E-state index is 0.0673. The maximum absolute atomic E-state index is 17.3. The summed E-state index contributed by atoms with van der Waals surface area (Å²) in [5.74, 6) is -17.8. The monoisotopic (exact) mass is 2070 g/mol. The Morgan fingerprint density at radius 1 is 0.429 bits per heavy atom. The minimum Gasteiger partial charge on any atom is -0.508 e. The van der Waals surface area contributed by atoms with Gasteiger partial charge in [0.2, 0.25) is 53.8 Å². The van der Waals surface area contributed by atoms with E-state index in [1.807, 2.05) is 0 Å². The summed E-state index contributed by atoms with van der Waals surface area (Å²) in [5.41, 5.74) is 9.22. The molecule has 6 amide bonds. The summed E-state index contributed by atoms with van der Waals surface area (Å²) in [4.78, 5) is 113. The second-order valence-corrected chi connectivity index (χ2v) is 36.9. The first-order chi connectivity index (χ1) is 70.0. The zero-order chi connectivity index (χ0) is 105. The van der Waals surface area contributed by atoms with E-state index in [0.29, 0.717) is 0 Å². The van der Waals surface area contributed by atoms with E-state index in [-0.39, 0.29) is 39.5 Å². The number of esters is 1. The van der Waals surface area contributed by atoms with E-state index in [2.05, 4.69) is 31.9 Å². The molecule has 19 rings (SSSR count). The normalized spacial score (nSPS) is 36.2. The number of carbonyl (C=O) groups excluding carboxylic acids is 7. The Balaban J connectivity index is 0.908. The molecule has 6 fully saturated rings. The average Bonchev–Trinajstić information content (AvgIpc) is 0.742. The Bertz CT molecular complexity index is 6010. The average molecular weight is 2070 g/mol. The van der Waals surface area contributed by atoms with Gasteiger partial charge in [-0.25, -0.2) is 4.79 Å². The largest absolute Gasteiger partial charge is 0.508 e. The van der Waals surface area contributed by atoms with Crippen LogP contribution in [0.4, 0.5) is 0 Å². The fraction of sp³-hybridized carbons (Fsp3) is 0.484. The number of aliphatic hydroxyl groups is 17. The molecule has 31 N–H and O–H groups in total. The molecule has 52 nitrogen and oxygen atoms in total. The number of nitrogens with one attached hydrogen (secondary N) is 6. The lowest BCUT2D eigenvalue weighted by molar-refractivity contribution is -0.385. The number of methoxy groups -OCH3 is 1. The number of rotatable bonds is 16. The van der Waals surface area contributed by atoms with Gasteiger partial charge in [0, 0.05) is 40.8 Å². The topological polar surface area (TPSA) is 816 Å². The van der Waals surface area contributed by atoms with Crippen LogP contribution in [0.25, 0.3) is 11.1 Å². The maximum atomic E-state index is 17.3. The Labute approximate surface area is 831 Å². The molecular weight excluding hydrogens is 1960 g/mol. The van der Waals surface area contributed by atoms with Crippen molar-refractivity contribution in [3.63, 3.8) is 0 Å².